The minimum Gasteiger partial charge on any atom is -0.327 e. The van der Waals surface area contributed by atoms with Crippen molar-refractivity contribution >= 4 is 30.5 Å². The number of carbonyl (C=O) groups is 3. The topological polar surface area (TPSA) is 63.7 Å². The predicted molar refractivity (Wildman–Crippen MR) is 47.5 cm³/mol. The van der Waals surface area contributed by atoms with Crippen LogP contribution in [0, 0.1) is 0 Å². The van der Waals surface area contributed by atoms with E-state index in [0.717, 1.165) is 0 Å². The summed E-state index contributed by atoms with van der Waals surface area (Å²) in [5, 5.41) is 0. The minimum atomic E-state index is -0.655. The zero-order chi connectivity index (χ0) is 10.4. The second kappa shape index (κ2) is 5.58. The SMILES string of the molecule is CCC(=O)ON(S)C(=O)CC(C)=O. The molecule has 0 heterocycles. The average Bonchev–Trinajstić information content (AvgIpc) is 2.02. The molecule has 0 unspecified atom stereocenters. The lowest BCUT2D eigenvalue weighted by molar-refractivity contribution is -0.176. The first-order chi connectivity index (χ1) is 5.97. The number of nitrogens with zero attached hydrogens (tertiary/aromatic N) is 1. The van der Waals surface area contributed by atoms with E-state index in [1.54, 1.807) is 6.92 Å². The summed E-state index contributed by atoms with van der Waals surface area (Å²) in [7, 11) is 0. The third-order valence-electron chi connectivity index (χ3n) is 1.09. The van der Waals surface area contributed by atoms with Crippen molar-refractivity contribution in [3.05, 3.63) is 0 Å². The number of hydrogen-bond acceptors (Lipinski definition) is 5. The number of hydrogen-bond donors (Lipinski definition) is 1. The van der Waals surface area contributed by atoms with Crippen LogP contribution in [-0.2, 0) is 19.2 Å². The summed E-state index contributed by atoms with van der Waals surface area (Å²) in [6.07, 6.45) is -0.176. The molecule has 0 atom stereocenters. The molecule has 5 nitrogen and oxygen atoms in total. The van der Waals surface area contributed by atoms with Crippen molar-refractivity contribution in [2.24, 2.45) is 0 Å². The van der Waals surface area contributed by atoms with Crippen LogP contribution in [0.1, 0.15) is 26.7 Å². The van der Waals surface area contributed by atoms with Gasteiger partial charge in [-0.15, -0.1) is 4.47 Å². The normalized spacial score (nSPS) is 9.15. The first-order valence-corrected chi connectivity index (χ1v) is 4.09. The lowest BCUT2D eigenvalue weighted by Gasteiger charge is -2.12. The molecule has 0 N–H and O–H groups in total. The molecule has 0 aromatic rings. The lowest BCUT2D eigenvalue weighted by atomic mass is 10.3. The zero-order valence-corrected chi connectivity index (χ0v) is 8.34. The number of Topliss-reactive ketones (excluding diaryl/α,β-unsaturated/α-hetero) is 1. The summed E-state index contributed by atoms with van der Waals surface area (Å²) in [5.74, 6) is -1.54. The van der Waals surface area contributed by atoms with E-state index >= 15 is 0 Å². The van der Waals surface area contributed by atoms with Crippen LogP contribution in [0.25, 0.3) is 0 Å². The average molecular weight is 205 g/mol. The van der Waals surface area contributed by atoms with Crippen molar-refractivity contribution in [1.82, 2.24) is 4.47 Å². The van der Waals surface area contributed by atoms with E-state index in [0.29, 0.717) is 4.47 Å². The van der Waals surface area contributed by atoms with Crippen LogP contribution < -0.4 is 0 Å². The molecule has 0 aromatic heterocycles. The Morgan fingerprint density at radius 3 is 2.31 bits per heavy atom. The fraction of sp³-hybridized carbons (Fsp3) is 0.571. The summed E-state index contributed by atoms with van der Waals surface area (Å²) < 4.78 is 0.479. The summed E-state index contributed by atoms with van der Waals surface area (Å²) >= 11 is 3.58. The van der Waals surface area contributed by atoms with Gasteiger partial charge in [-0.1, -0.05) is 6.92 Å². The predicted octanol–water partition coefficient (Wildman–Crippen LogP) is 0.507. The Morgan fingerprint density at radius 1 is 1.38 bits per heavy atom. The van der Waals surface area contributed by atoms with Gasteiger partial charge in [0.2, 0.25) is 0 Å². The van der Waals surface area contributed by atoms with Gasteiger partial charge in [-0.05, 0) is 19.7 Å². The van der Waals surface area contributed by atoms with Gasteiger partial charge in [-0.25, -0.2) is 4.79 Å². The maximum Gasteiger partial charge on any atom is 0.333 e. The van der Waals surface area contributed by atoms with E-state index < -0.39 is 11.9 Å². The molecule has 13 heavy (non-hydrogen) atoms. The molecule has 0 rings (SSSR count). The molecule has 0 aliphatic carbocycles. The van der Waals surface area contributed by atoms with E-state index in [2.05, 4.69) is 17.7 Å². The molecule has 0 bridgehead atoms. The third kappa shape index (κ3) is 5.24. The second-order valence-corrected chi connectivity index (χ2v) is 2.73. The van der Waals surface area contributed by atoms with E-state index in [9.17, 15) is 14.4 Å². The zero-order valence-electron chi connectivity index (χ0n) is 7.44. The van der Waals surface area contributed by atoms with Crippen molar-refractivity contribution in [2.75, 3.05) is 0 Å². The summed E-state index contributed by atoms with van der Waals surface area (Å²) in [4.78, 5) is 36.5. The van der Waals surface area contributed by atoms with Crippen LogP contribution in [0.5, 0.6) is 0 Å². The Hall–Kier alpha value is -1.04. The lowest BCUT2D eigenvalue weighted by Crippen LogP contribution is -2.26. The first kappa shape index (κ1) is 12.0. The molecular formula is C7H11NO4S. The van der Waals surface area contributed by atoms with Crippen LogP contribution in [-0.4, -0.2) is 22.1 Å². The standard InChI is InChI=1S/C7H11NO4S/c1-3-7(11)12-8(13)6(10)4-5(2)9/h13H,3-4H2,1-2H3. The van der Waals surface area contributed by atoms with E-state index in [1.807, 2.05) is 0 Å². The maximum atomic E-state index is 11.0. The Morgan fingerprint density at radius 2 is 1.92 bits per heavy atom. The van der Waals surface area contributed by atoms with Gasteiger partial charge in [0.1, 0.15) is 5.78 Å². The highest BCUT2D eigenvalue weighted by molar-refractivity contribution is 7.78. The number of ketones is 1. The van der Waals surface area contributed by atoms with E-state index in [4.69, 9.17) is 0 Å². The van der Waals surface area contributed by atoms with Crippen LogP contribution >= 0.6 is 12.8 Å². The van der Waals surface area contributed by atoms with Crippen LogP contribution in [0.3, 0.4) is 0 Å². The molecule has 0 aromatic carbocycles. The molecule has 0 fully saturated rings. The number of thiol groups is 1. The summed E-state index contributed by atoms with van der Waals surface area (Å²) in [6.45, 7) is 2.85. The Kier molecular flexibility index (Phi) is 5.13. The van der Waals surface area contributed by atoms with Crippen LogP contribution in [0.4, 0.5) is 0 Å². The highest BCUT2D eigenvalue weighted by Crippen LogP contribution is 2.01. The highest BCUT2D eigenvalue weighted by Gasteiger charge is 2.15. The Labute approximate surface area is 81.5 Å². The van der Waals surface area contributed by atoms with Gasteiger partial charge in [0.25, 0.3) is 5.91 Å². The van der Waals surface area contributed by atoms with Gasteiger partial charge < -0.3 is 4.84 Å². The largest absolute Gasteiger partial charge is 0.333 e. The van der Waals surface area contributed by atoms with Crippen molar-refractivity contribution in [2.45, 2.75) is 26.7 Å². The summed E-state index contributed by atoms with van der Waals surface area (Å²) in [6, 6.07) is 0. The van der Waals surface area contributed by atoms with Gasteiger partial charge in [-0.3, -0.25) is 9.59 Å². The van der Waals surface area contributed by atoms with E-state index in [1.165, 1.54) is 6.92 Å². The number of hydroxylamine groups is 1. The van der Waals surface area contributed by atoms with Gasteiger partial charge in [-0.2, -0.15) is 0 Å². The smallest absolute Gasteiger partial charge is 0.327 e. The fourth-order valence-corrected chi connectivity index (χ4v) is 0.654. The molecule has 0 saturated carbocycles. The minimum absolute atomic E-state index is 0.143. The maximum absolute atomic E-state index is 11.0. The molecular weight excluding hydrogens is 194 g/mol. The quantitative estimate of drug-likeness (QED) is 0.414. The van der Waals surface area contributed by atoms with Gasteiger partial charge in [0, 0.05) is 6.42 Å². The number of amides is 1. The Balaban J connectivity index is 3.96. The molecule has 6 heteroatoms. The molecule has 0 radical (unpaired) electrons. The molecule has 0 spiro atoms. The third-order valence-corrected chi connectivity index (χ3v) is 1.40. The van der Waals surface area contributed by atoms with Gasteiger partial charge in [0.15, 0.2) is 0 Å². The van der Waals surface area contributed by atoms with Gasteiger partial charge in [0.05, 0.1) is 6.42 Å². The van der Waals surface area contributed by atoms with Crippen molar-refractivity contribution < 1.29 is 19.2 Å². The number of carbonyl (C=O) groups excluding carboxylic acids is 3. The van der Waals surface area contributed by atoms with Crippen molar-refractivity contribution in [3.8, 4) is 0 Å². The van der Waals surface area contributed by atoms with Crippen LogP contribution in [0.15, 0.2) is 0 Å². The van der Waals surface area contributed by atoms with Crippen molar-refractivity contribution in [3.63, 3.8) is 0 Å². The summed E-state index contributed by atoms with van der Waals surface area (Å²) in [5.41, 5.74) is 0. The fourth-order valence-electron chi connectivity index (χ4n) is 0.492. The molecule has 0 aliphatic rings. The van der Waals surface area contributed by atoms with Crippen LogP contribution in [0.2, 0.25) is 0 Å². The molecule has 0 aliphatic heterocycles. The highest BCUT2D eigenvalue weighted by atomic mass is 32.1. The molecule has 74 valence electrons. The molecule has 0 saturated heterocycles. The van der Waals surface area contributed by atoms with E-state index in [-0.39, 0.29) is 18.6 Å². The molecule has 1 amide bonds. The number of rotatable bonds is 3. The monoisotopic (exact) mass is 205 g/mol. The second-order valence-electron chi connectivity index (χ2n) is 2.36. The van der Waals surface area contributed by atoms with Gasteiger partial charge >= 0.3 is 5.97 Å². The first-order valence-electron chi connectivity index (χ1n) is 3.69. The van der Waals surface area contributed by atoms with Crippen molar-refractivity contribution in [1.29, 1.82) is 0 Å². The Bertz CT molecular complexity index is 229.